The Labute approximate surface area is 123 Å². The van der Waals surface area contributed by atoms with Gasteiger partial charge in [0.2, 0.25) is 0 Å². The fourth-order valence-electron chi connectivity index (χ4n) is 2.99. The second-order valence-corrected chi connectivity index (χ2v) is 7.52. The molecule has 1 N–H and O–H groups in total. The molecule has 2 nitrogen and oxygen atoms in total. The molecule has 1 aromatic rings. The van der Waals surface area contributed by atoms with Crippen LogP contribution in [-0.4, -0.2) is 16.3 Å². The average Bonchev–Trinajstić information content (AvgIpc) is 2.47. The monoisotopic (exact) mass is 360 g/mol. The first-order valence-electron chi connectivity index (χ1n) is 6.35. The summed E-state index contributed by atoms with van der Waals surface area (Å²) in [6, 6.07) is 8.09. The van der Waals surface area contributed by atoms with Crippen LogP contribution in [0.4, 0.5) is 0 Å². The van der Waals surface area contributed by atoms with Gasteiger partial charge in [-0.25, -0.2) is 0 Å². The fourth-order valence-corrected chi connectivity index (χ4v) is 3.35. The van der Waals surface area contributed by atoms with Gasteiger partial charge >= 0.3 is 0 Å². The maximum atomic E-state index is 10.6. The molecular formula is C15H21IO2. The first-order valence-corrected chi connectivity index (χ1v) is 7.43. The summed E-state index contributed by atoms with van der Waals surface area (Å²) < 4.78 is 7.24. The Kier molecular flexibility index (Phi) is 3.78. The van der Waals surface area contributed by atoms with E-state index < -0.39 is 6.10 Å². The van der Waals surface area contributed by atoms with Gasteiger partial charge in [0.05, 0.1) is 17.3 Å². The zero-order valence-corrected chi connectivity index (χ0v) is 13.6. The van der Waals surface area contributed by atoms with E-state index >= 15 is 0 Å². The summed E-state index contributed by atoms with van der Waals surface area (Å²) in [7, 11) is 0. The van der Waals surface area contributed by atoms with E-state index in [4.69, 9.17) is 4.74 Å². The van der Waals surface area contributed by atoms with E-state index in [1.165, 1.54) is 3.57 Å². The lowest BCUT2D eigenvalue weighted by Crippen LogP contribution is -2.32. The maximum Gasteiger partial charge on any atom is 0.0846 e. The summed E-state index contributed by atoms with van der Waals surface area (Å²) in [4.78, 5) is 0. The van der Waals surface area contributed by atoms with E-state index in [9.17, 15) is 5.11 Å². The van der Waals surface area contributed by atoms with Gasteiger partial charge in [0.15, 0.2) is 0 Å². The number of aliphatic hydroxyl groups excluding tert-OH is 1. The van der Waals surface area contributed by atoms with Crippen LogP contribution < -0.4 is 0 Å². The van der Waals surface area contributed by atoms with Crippen LogP contribution in [0.15, 0.2) is 24.3 Å². The first kappa shape index (κ1) is 14.3. The van der Waals surface area contributed by atoms with Crippen molar-refractivity contribution in [2.24, 2.45) is 5.92 Å². The highest BCUT2D eigenvalue weighted by atomic mass is 127. The molecule has 1 aromatic carbocycles. The Morgan fingerprint density at radius 3 is 2.22 bits per heavy atom. The average molecular weight is 360 g/mol. The first-order chi connectivity index (χ1) is 8.21. The quantitative estimate of drug-likeness (QED) is 0.811. The van der Waals surface area contributed by atoms with Crippen LogP contribution in [0.1, 0.15) is 45.8 Å². The third-order valence-electron chi connectivity index (χ3n) is 3.74. The Balaban J connectivity index is 2.23. The lowest BCUT2D eigenvalue weighted by molar-refractivity contribution is -0.0880. The van der Waals surface area contributed by atoms with Crippen molar-refractivity contribution in [3.8, 4) is 0 Å². The molecule has 1 heterocycles. The second kappa shape index (κ2) is 4.76. The molecule has 1 aliphatic rings. The van der Waals surface area contributed by atoms with Crippen molar-refractivity contribution >= 4 is 22.6 Å². The Hall–Kier alpha value is -0.130. The normalized spacial score (nSPS) is 27.1. The minimum atomic E-state index is -0.459. The van der Waals surface area contributed by atoms with E-state index in [1.54, 1.807) is 0 Å². The minimum absolute atomic E-state index is 0.132. The predicted octanol–water partition coefficient (Wildman–Crippen LogP) is 3.92. The van der Waals surface area contributed by atoms with Crippen molar-refractivity contribution in [2.45, 2.75) is 51.4 Å². The van der Waals surface area contributed by atoms with Gasteiger partial charge in [0, 0.05) is 9.49 Å². The highest BCUT2D eigenvalue weighted by molar-refractivity contribution is 14.1. The van der Waals surface area contributed by atoms with Crippen LogP contribution in [0, 0.1) is 9.49 Å². The molecule has 0 aliphatic carbocycles. The SMILES string of the molecule is CC1(C)CC(C(O)c2ccc(I)cc2)C(C)(C)O1. The summed E-state index contributed by atoms with van der Waals surface area (Å²) in [6.45, 7) is 8.33. The Bertz CT molecular complexity index is 423. The van der Waals surface area contributed by atoms with Crippen LogP contribution >= 0.6 is 22.6 Å². The van der Waals surface area contributed by atoms with E-state index in [0.29, 0.717) is 0 Å². The van der Waals surface area contributed by atoms with Gasteiger partial charge in [-0.15, -0.1) is 0 Å². The molecule has 3 heteroatoms. The number of halogens is 1. The largest absolute Gasteiger partial charge is 0.388 e. The van der Waals surface area contributed by atoms with Gasteiger partial charge in [0.1, 0.15) is 0 Å². The zero-order valence-electron chi connectivity index (χ0n) is 11.4. The zero-order chi connectivity index (χ0) is 13.6. The van der Waals surface area contributed by atoms with Crippen molar-refractivity contribution in [2.75, 3.05) is 0 Å². The maximum absolute atomic E-state index is 10.6. The second-order valence-electron chi connectivity index (χ2n) is 6.27. The molecule has 1 fully saturated rings. The molecule has 1 saturated heterocycles. The van der Waals surface area contributed by atoms with E-state index in [1.807, 2.05) is 24.3 Å². The molecule has 0 aromatic heterocycles. The van der Waals surface area contributed by atoms with E-state index in [-0.39, 0.29) is 17.1 Å². The molecule has 2 rings (SSSR count). The smallest absolute Gasteiger partial charge is 0.0846 e. The van der Waals surface area contributed by atoms with Gasteiger partial charge < -0.3 is 9.84 Å². The van der Waals surface area contributed by atoms with Gasteiger partial charge in [-0.1, -0.05) is 12.1 Å². The number of ether oxygens (including phenoxy) is 1. The van der Waals surface area contributed by atoms with Crippen molar-refractivity contribution in [1.29, 1.82) is 0 Å². The van der Waals surface area contributed by atoms with Crippen molar-refractivity contribution in [1.82, 2.24) is 0 Å². The number of aliphatic hydroxyl groups is 1. The summed E-state index contributed by atoms with van der Waals surface area (Å²) in [5.74, 6) is 0.132. The van der Waals surface area contributed by atoms with Crippen LogP contribution in [-0.2, 0) is 4.74 Å². The van der Waals surface area contributed by atoms with Crippen LogP contribution in [0.25, 0.3) is 0 Å². The fraction of sp³-hybridized carbons (Fsp3) is 0.600. The standard InChI is InChI=1S/C15H21IO2/c1-14(2)9-12(15(3,4)18-14)13(17)10-5-7-11(16)8-6-10/h5-8,12-13,17H,9H2,1-4H3. The van der Waals surface area contributed by atoms with E-state index in [0.717, 1.165) is 12.0 Å². The number of hydrogen-bond donors (Lipinski definition) is 1. The van der Waals surface area contributed by atoms with Crippen molar-refractivity contribution < 1.29 is 9.84 Å². The molecule has 1 aliphatic heterocycles. The molecule has 0 radical (unpaired) electrons. The molecule has 0 amide bonds. The molecule has 0 saturated carbocycles. The molecule has 18 heavy (non-hydrogen) atoms. The number of hydrogen-bond acceptors (Lipinski definition) is 2. The van der Waals surface area contributed by atoms with Gasteiger partial charge in [0.25, 0.3) is 0 Å². The Morgan fingerprint density at radius 2 is 1.78 bits per heavy atom. The predicted molar refractivity (Wildman–Crippen MR) is 81.5 cm³/mol. The summed E-state index contributed by atoms with van der Waals surface area (Å²) in [5, 5.41) is 10.6. The highest BCUT2D eigenvalue weighted by Crippen LogP contribution is 2.47. The lowest BCUT2D eigenvalue weighted by atomic mass is 9.80. The lowest BCUT2D eigenvalue weighted by Gasteiger charge is -2.30. The molecule has 100 valence electrons. The van der Waals surface area contributed by atoms with Crippen molar-refractivity contribution in [3.05, 3.63) is 33.4 Å². The number of rotatable bonds is 2. The van der Waals surface area contributed by atoms with Crippen LogP contribution in [0.2, 0.25) is 0 Å². The van der Waals surface area contributed by atoms with Crippen LogP contribution in [0.5, 0.6) is 0 Å². The Morgan fingerprint density at radius 1 is 1.22 bits per heavy atom. The van der Waals surface area contributed by atoms with Gasteiger partial charge in [-0.05, 0) is 74.4 Å². The molecule has 0 spiro atoms. The summed E-state index contributed by atoms with van der Waals surface area (Å²) >= 11 is 2.27. The third-order valence-corrected chi connectivity index (χ3v) is 4.46. The molecule has 0 bridgehead atoms. The van der Waals surface area contributed by atoms with E-state index in [2.05, 4.69) is 50.3 Å². The van der Waals surface area contributed by atoms with Crippen molar-refractivity contribution in [3.63, 3.8) is 0 Å². The topological polar surface area (TPSA) is 29.5 Å². The third kappa shape index (κ3) is 2.89. The van der Waals surface area contributed by atoms with Gasteiger partial charge in [-0.2, -0.15) is 0 Å². The van der Waals surface area contributed by atoms with Crippen LogP contribution in [0.3, 0.4) is 0 Å². The molecule has 2 unspecified atom stereocenters. The molecular weight excluding hydrogens is 339 g/mol. The summed E-state index contributed by atoms with van der Waals surface area (Å²) in [6.07, 6.45) is 0.423. The number of benzene rings is 1. The summed E-state index contributed by atoms with van der Waals surface area (Å²) in [5.41, 5.74) is 0.541. The minimum Gasteiger partial charge on any atom is -0.388 e. The van der Waals surface area contributed by atoms with Gasteiger partial charge in [-0.3, -0.25) is 0 Å². The molecule has 2 atom stereocenters. The highest BCUT2D eigenvalue weighted by Gasteiger charge is 2.49.